The van der Waals surface area contributed by atoms with Crippen molar-refractivity contribution in [2.45, 2.75) is 46.4 Å². The summed E-state index contributed by atoms with van der Waals surface area (Å²) < 4.78 is 26.2. The van der Waals surface area contributed by atoms with Gasteiger partial charge in [0.1, 0.15) is 12.4 Å². The number of aromatic nitrogens is 1. The minimum absolute atomic E-state index is 0.0625. The number of nitrogens with zero attached hydrogens (tertiary/aromatic N) is 2. The number of thiazole rings is 1. The largest absolute Gasteiger partial charge is 0.493 e. The summed E-state index contributed by atoms with van der Waals surface area (Å²) in [6.45, 7) is 8.02. The second-order valence-electron chi connectivity index (χ2n) is 11.5. The zero-order valence-corrected chi connectivity index (χ0v) is 30.3. The first kappa shape index (κ1) is 33.5. The van der Waals surface area contributed by atoms with Crippen LogP contribution in [0, 0.1) is 3.57 Å². The van der Waals surface area contributed by atoms with Gasteiger partial charge in [0.25, 0.3) is 5.56 Å². The van der Waals surface area contributed by atoms with Gasteiger partial charge in [-0.25, -0.2) is 9.79 Å². The Balaban J connectivity index is 1.36. The number of hydrogen-bond donors (Lipinski definition) is 0. The van der Waals surface area contributed by atoms with Crippen molar-refractivity contribution in [1.82, 2.24) is 4.57 Å². The summed E-state index contributed by atoms with van der Waals surface area (Å²) in [7, 11) is 1.56. The van der Waals surface area contributed by atoms with Crippen LogP contribution >= 0.6 is 33.9 Å². The molecular weight excluding hydrogens is 739 g/mol. The third-order valence-corrected chi connectivity index (χ3v) is 9.73. The molecule has 10 heteroatoms. The van der Waals surface area contributed by atoms with Gasteiger partial charge in [-0.1, -0.05) is 65.9 Å². The van der Waals surface area contributed by atoms with Crippen molar-refractivity contribution in [2.24, 2.45) is 4.99 Å². The number of fused-ring (bicyclic) bond motifs is 2. The van der Waals surface area contributed by atoms with E-state index in [0.29, 0.717) is 44.3 Å². The molecule has 0 saturated heterocycles. The molecule has 0 amide bonds. The molecule has 0 spiro atoms. The maximum Gasteiger partial charge on any atom is 0.338 e. The van der Waals surface area contributed by atoms with Gasteiger partial charge in [-0.15, -0.1) is 0 Å². The molecule has 0 aliphatic carbocycles. The predicted molar refractivity (Wildman–Crippen MR) is 197 cm³/mol. The van der Waals surface area contributed by atoms with Crippen molar-refractivity contribution in [3.8, 4) is 17.2 Å². The van der Waals surface area contributed by atoms with Gasteiger partial charge >= 0.3 is 5.97 Å². The molecule has 1 aliphatic heterocycles. The molecule has 246 valence electrons. The molecule has 8 nitrogen and oxygen atoms in total. The fourth-order valence-corrected chi connectivity index (χ4v) is 7.50. The Hall–Kier alpha value is -4.42. The molecule has 1 aromatic heterocycles. The van der Waals surface area contributed by atoms with Crippen molar-refractivity contribution in [3.63, 3.8) is 0 Å². The van der Waals surface area contributed by atoms with E-state index in [-0.39, 0.29) is 18.3 Å². The van der Waals surface area contributed by atoms with Crippen molar-refractivity contribution in [3.05, 3.63) is 130 Å². The van der Waals surface area contributed by atoms with E-state index in [1.807, 2.05) is 62.4 Å². The monoisotopic (exact) mass is 774 g/mol. The lowest BCUT2D eigenvalue weighted by Crippen LogP contribution is -2.40. The lowest BCUT2D eigenvalue weighted by Gasteiger charge is -2.25. The molecule has 0 N–H and O–H groups in total. The molecular formula is C38H35IN2O6S. The summed E-state index contributed by atoms with van der Waals surface area (Å²) in [5.74, 6) is 1.31. The number of methoxy groups -OCH3 is 1. The Bertz CT molecular complexity index is 2230. The summed E-state index contributed by atoms with van der Waals surface area (Å²) in [6, 6.07) is 25.0. The number of ether oxygens (including phenoxy) is 4. The van der Waals surface area contributed by atoms with Gasteiger partial charge in [0, 0.05) is 0 Å². The summed E-state index contributed by atoms with van der Waals surface area (Å²) in [5.41, 5.74) is 3.17. The fraction of sp³-hybridized carbons (Fsp3) is 0.237. The van der Waals surface area contributed by atoms with Crippen LogP contribution in [0.15, 0.2) is 99.9 Å². The minimum atomic E-state index is -0.769. The smallest absolute Gasteiger partial charge is 0.338 e. The molecule has 1 atom stereocenters. The van der Waals surface area contributed by atoms with E-state index >= 15 is 0 Å². The molecule has 4 aromatic carbocycles. The summed E-state index contributed by atoms with van der Waals surface area (Å²) in [6.07, 6.45) is 1.79. The van der Waals surface area contributed by atoms with Crippen molar-refractivity contribution in [1.29, 1.82) is 0 Å². The van der Waals surface area contributed by atoms with E-state index in [1.165, 1.54) is 22.1 Å². The highest BCUT2D eigenvalue weighted by atomic mass is 127. The number of esters is 1. The SMILES string of the molecule is CCOC(=O)C1=C(C)N=c2s/c(=C\c3ccc(OCc4cccc5ccccc45)c(I)c3)c(=O)n2[C@@H]1c1ccc(OC(C)C)c(OC)c1. The van der Waals surface area contributed by atoms with Gasteiger partial charge in [0.2, 0.25) is 0 Å². The highest BCUT2D eigenvalue weighted by Crippen LogP contribution is 2.36. The number of halogens is 1. The third kappa shape index (κ3) is 6.77. The van der Waals surface area contributed by atoms with E-state index in [4.69, 9.17) is 23.9 Å². The number of allylic oxidation sites excluding steroid dienone is 1. The summed E-state index contributed by atoms with van der Waals surface area (Å²) in [5, 5.41) is 2.34. The predicted octanol–water partition coefficient (Wildman–Crippen LogP) is 6.93. The molecule has 5 aromatic rings. The molecule has 0 radical (unpaired) electrons. The van der Waals surface area contributed by atoms with Crippen LogP contribution in [0.3, 0.4) is 0 Å². The number of rotatable bonds is 10. The molecule has 0 fully saturated rings. The van der Waals surface area contributed by atoms with Crippen LogP contribution in [0.5, 0.6) is 17.2 Å². The highest BCUT2D eigenvalue weighted by Gasteiger charge is 2.34. The zero-order chi connectivity index (χ0) is 33.9. The van der Waals surface area contributed by atoms with Crippen LogP contribution in [0.4, 0.5) is 0 Å². The molecule has 1 aliphatic rings. The first-order valence-electron chi connectivity index (χ1n) is 15.6. The van der Waals surface area contributed by atoms with Gasteiger partial charge < -0.3 is 18.9 Å². The number of carbonyl (C=O) groups is 1. The topological polar surface area (TPSA) is 88.4 Å². The van der Waals surface area contributed by atoms with Gasteiger partial charge in [-0.3, -0.25) is 9.36 Å². The quantitative estimate of drug-likeness (QED) is 0.113. The molecule has 6 rings (SSSR count). The minimum Gasteiger partial charge on any atom is -0.493 e. The highest BCUT2D eigenvalue weighted by molar-refractivity contribution is 14.1. The van der Waals surface area contributed by atoms with E-state index in [1.54, 1.807) is 37.7 Å². The van der Waals surface area contributed by atoms with Crippen molar-refractivity contribution < 1.29 is 23.7 Å². The number of carbonyl (C=O) groups excluding carboxylic acids is 1. The van der Waals surface area contributed by atoms with Crippen LogP contribution in [0.2, 0.25) is 0 Å². The van der Waals surface area contributed by atoms with E-state index in [0.717, 1.165) is 20.4 Å². The van der Waals surface area contributed by atoms with Crippen LogP contribution in [0.25, 0.3) is 16.8 Å². The molecule has 48 heavy (non-hydrogen) atoms. The maximum absolute atomic E-state index is 14.1. The van der Waals surface area contributed by atoms with Gasteiger partial charge in [-0.05, 0) is 108 Å². The summed E-state index contributed by atoms with van der Waals surface area (Å²) >= 11 is 3.54. The number of benzene rings is 4. The Morgan fingerprint density at radius 1 is 1.02 bits per heavy atom. The second-order valence-corrected chi connectivity index (χ2v) is 13.7. The fourth-order valence-electron chi connectivity index (χ4n) is 5.76. The molecule has 0 unspecified atom stereocenters. The third-order valence-electron chi connectivity index (χ3n) is 7.90. The van der Waals surface area contributed by atoms with E-state index in [9.17, 15) is 9.59 Å². The normalized spacial score (nSPS) is 14.6. The van der Waals surface area contributed by atoms with Crippen LogP contribution in [0.1, 0.15) is 50.4 Å². The maximum atomic E-state index is 14.1. The van der Waals surface area contributed by atoms with Crippen molar-refractivity contribution >= 4 is 56.7 Å². The first-order chi connectivity index (χ1) is 23.2. The summed E-state index contributed by atoms with van der Waals surface area (Å²) in [4.78, 5) is 32.7. The zero-order valence-electron chi connectivity index (χ0n) is 27.3. The average molecular weight is 775 g/mol. The van der Waals surface area contributed by atoms with E-state index in [2.05, 4.69) is 46.9 Å². The van der Waals surface area contributed by atoms with Gasteiger partial charge in [0.05, 0.1) is 45.2 Å². The standard InChI is InChI=1S/C38H35IN2O6S/c1-6-45-37(43)34-23(4)40-38-41(35(34)26-15-17-31(47-22(2)3)32(20-26)44-5)36(42)33(48-38)19-24-14-16-30(29(39)18-24)46-21-27-12-9-11-25-10-7-8-13-28(25)27/h7-20,22,35H,6,21H2,1-5H3/b33-19-/t35-/m1/s1. The van der Waals surface area contributed by atoms with Gasteiger partial charge in [0.15, 0.2) is 16.3 Å². The van der Waals surface area contributed by atoms with Gasteiger partial charge in [-0.2, -0.15) is 0 Å². The Kier molecular flexibility index (Phi) is 10.0. The molecule has 0 saturated carbocycles. The van der Waals surface area contributed by atoms with Crippen LogP contribution in [-0.2, 0) is 16.1 Å². The lowest BCUT2D eigenvalue weighted by molar-refractivity contribution is -0.139. The van der Waals surface area contributed by atoms with Crippen LogP contribution in [-0.4, -0.2) is 30.4 Å². The molecule has 2 heterocycles. The molecule has 0 bridgehead atoms. The second kappa shape index (κ2) is 14.4. The first-order valence-corrected chi connectivity index (χ1v) is 17.5. The lowest BCUT2D eigenvalue weighted by atomic mass is 9.95. The Morgan fingerprint density at radius 2 is 1.79 bits per heavy atom. The Morgan fingerprint density at radius 3 is 2.54 bits per heavy atom. The van der Waals surface area contributed by atoms with Crippen molar-refractivity contribution in [2.75, 3.05) is 13.7 Å². The average Bonchev–Trinajstić information content (AvgIpc) is 3.37. The van der Waals surface area contributed by atoms with E-state index < -0.39 is 12.0 Å². The van der Waals surface area contributed by atoms with Crippen LogP contribution < -0.4 is 29.1 Å². The number of hydrogen-bond acceptors (Lipinski definition) is 8. The Labute approximate surface area is 296 Å².